The van der Waals surface area contributed by atoms with Gasteiger partial charge in [0.2, 0.25) is 0 Å². The van der Waals surface area contributed by atoms with E-state index in [1.165, 1.54) is 0 Å². The highest BCUT2D eigenvalue weighted by Crippen LogP contribution is 2.23. The van der Waals surface area contributed by atoms with Gasteiger partial charge < -0.3 is 13.3 Å². The topological polar surface area (TPSA) is 27.7 Å². The van der Waals surface area contributed by atoms with E-state index in [1.54, 1.807) is 21.3 Å². The molecule has 0 saturated heterocycles. The van der Waals surface area contributed by atoms with Crippen LogP contribution in [-0.4, -0.2) is 32.1 Å². The quantitative estimate of drug-likeness (QED) is 0.379. The van der Waals surface area contributed by atoms with Crippen molar-refractivity contribution in [3.63, 3.8) is 0 Å². The van der Waals surface area contributed by atoms with Crippen LogP contribution in [0.5, 0.6) is 0 Å². The van der Waals surface area contributed by atoms with E-state index in [2.05, 4.69) is 45.2 Å². The van der Waals surface area contributed by atoms with Gasteiger partial charge >= 0.3 is 8.80 Å². The van der Waals surface area contributed by atoms with Gasteiger partial charge in [0.25, 0.3) is 0 Å². The number of rotatable bonds is 6. The van der Waals surface area contributed by atoms with Crippen LogP contribution >= 0.6 is 45.2 Å². The Kier molecular flexibility index (Phi) is 7.83. The van der Waals surface area contributed by atoms with Gasteiger partial charge in [-0.3, -0.25) is 0 Å². The van der Waals surface area contributed by atoms with Crippen LogP contribution < -0.4 is 0 Å². The summed E-state index contributed by atoms with van der Waals surface area (Å²) < 4.78 is 16.4. The fourth-order valence-electron chi connectivity index (χ4n) is 0.842. The molecule has 0 aromatic rings. The van der Waals surface area contributed by atoms with Gasteiger partial charge in [-0.05, 0) is 6.42 Å². The lowest BCUT2D eigenvalue weighted by atomic mass is 10.6. The number of alkyl halides is 2. The molecule has 0 rings (SSSR count). The van der Waals surface area contributed by atoms with E-state index >= 15 is 0 Å². The second-order valence-corrected chi connectivity index (χ2v) is 10.7. The van der Waals surface area contributed by atoms with Gasteiger partial charge in [0.15, 0.2) is 0 Å². The molecule has 0 spiro atoms. The largest absolute Gasteiger partial charge is 0.500 e. The molecule has 74 valence electrons. The first-order chi connectivity index (χ1) is 5.60. The molecule has 0 aliphatic rings. The van der Waals surface area contributed by atoms with Crippen molar-refractivity contribution in [3.05, 3.63) is 0 Å². The van der Waals surface area contributed by atoms with Gasteiger partial charge in [-0.15, -0.1) is 0 Å². The van der Waals surface area contributed by atoms with Gasteiger partial charge in [0, 0.05) is 27.4 Å². The van der Waals surface area contributed by atoms with Gasteiger partial charge in [-0.25, -0.2) is 0 Å². The van der Waals surface area contributed by atoms with Crippen LogP contribution in [-0.2, 0) is 13.3 Å². The van der Waals surface area contributed by atoms with Crippen molar-refractivity contribution in [2.75, 3.05) is 21.3 Å². The smallest absolute Gasteiger partial charge is 0.377 e. The van der Waals surface area contributed by atoms with E-state index in [-0.39, 0.29) is 0 Å². The lowest BCUT2D eigenvalue weighted by molar-refractivity contribution is 0.123. The van der Waals surface area contributed by atoms with E-state index in [4.69, 9.17) is 13.3 Å². The van der Waals surface area contributed by atoms with Crippen LogP contribution in [0, 0.1) is 0 Å². The average molecular weight is 416 g/mol. The predicted octanol–water partition coefficient (Wildman–Crippen LogP) is 2.45. The molecule has 0 amide bonds. The summed E-state index contributed by atoms with van der Waals surface area (Å²) in [5, 5.41) is 0. The second-order valence-electron chi connectivity index (χ2n) is 2.23. The molecule has 0 bridgehead atoms. The molecule has 0 N–H and O–H groups in total. The Labute approximate surface area is 102 Å². The zero-order valence-electron chi connectivity index (χ0n) is 7.47. The highest BCUT2D eigenvalue weighted by Gasteiger charge is 2.37. The Hall–Kier alpha value is 1.56. The standard InChI is InChI=1S/C6H14I2O3Si/c1-9-12(10-2,11-3)5-4-6(7)8/h6H,4-5H2,1-3H3. The lowest BCUT2D eigenvalue weighted by Crippen LogP contribution is -2.42. The third-order valence-corrected chi connectivity index (χ3v) is 5.61. The monoisotopic (exact) mass is 416 g/mol. The summed E-state index contributed by atoms with van der Waals surface area (Å²) in [7, 11) is 2.65. The number of hydrogen-bond donors (Lipinski definition) is 0. The number of hydrogen-bond acceptors (Lipinski definition) is 3. The molecule has 0 fully saturated rings. The van der Waals surface area contributed by atoms with Gasteiger partial charge in [0.1, 0.15) is 0 Å². The molecule has 0 heterocycles. The van der Waals surface area contributed by atoms with Crippen molar-refractivity contribution in [2.24, 2.45) is 0 Å². The predicted molar refractivity (Wildman–Crippen MR) is 68.0 cm³/mol. The van der Waals surface area contributed by atoms with Crippen molar-refractivity contribution in [2.45, 2.75) is 14.4 Å². The average Bonchev–Trinajstić information content (AvgIpc) is 2.08. The Morgan fingerprint density at radius 1 is 1.08 bits per heavy atom. The molecule has 0 unspecified atom stereocenters. The van der Waals surface area contributed by atoms with Crippen molar-refractivity contribution < 1.29 is 13.3 Å². The fourth-order valence-corrected chi connectivity index (χ4v) is 4.39. The van der Waals surface area contributed by atoms with Crippen LogP contribution in [0.15, 0.2) is 0 Å². The molecule has 3 nitrogen and oxygen atoms in total. The van der Waals surface area contributed by atoms with E-state index < -0.39 is 8.80 Å². The third-order valence-electron chi connectivity index (χ3n) is 1.60. The summed E-state index contributed by atoms with van der Waals surface area (Å²) in [6.45, 7) is 0. The summed E-state index contributed by atoms with van der Waals surface area (Å²) in [4.78, 5) is 0. The van der Waals surface area contributed by atoms with E-state index in [0.717, 1.165) is 12.5 Å². The molecule has 0 aliphatic heterocycles. The summed E-state index contributed by atoms with van der Waals surface area (Å²) in [6, 6.07) is 0.882. The maximum Gasteiger partial charge on any atom is 0.500 e. The Bertz CT molecular complexity index is 111. The summed E-state index contributed by atoms with van der Waals surface area (Å²) in [5.74, 6) is 0. The molecule has 0 aromatic heterocycles. The van der Waals surface area contributed by atoms with Gasteiger partial charge in [0.05, 0.1) is 1.93 Å². The van der Waals surface area contributed by atoms with Crippen molar-refractivity contribution in [1.82, 2.24) is 0 Å². The Balaban J connectivity index is 3.93. The maximum atomic E-state index is 5.27. The number of halogens is 2. The van der Waals surface area contributed by atoms with Crippen molar-refractivity contribution >= 4 is 54.0 Å². The highest BCUT2D eigenvalue weighted by molar-refractivity contribution is 14.2. The minimum atomic E-state index is -2.29. The van der Waals surface area contributed by atoms with Crippen LogP contribution in [0.2, 0.25) is 6.04 Å². The minimum Gasteiger partial charge on any atom is -0.377 e. The lowest BCUT2D eigenvalue weighted by Gasteiger charge is -2.24. The first-order valence-electron chi connectivity index (χ1n) is 3.54. The zero-order valence-corrected chi connectivity index (χ0v) is 12.8. The first kappa shape index (κ1) is 13.6. The molecule has 0 atom stereocenters. The molecular formula is C6H14I2O3Si. The van der Waals surface area contributed by atoms with Gasteiger partial charge in [-0.1, -0.05) is 45.2 Å². The second kappa shape index (κ2) is 6.93. The van der Waals surface area contributed by atoms with E-state index in [9.17, 15) is 0 Å². The zero-order chi connectivity index (χ0) is 9.61. The normalized spacial score (nSPS) is 12.5. The van der Waals surface area contributed by atoms with Crippen LogP contribution in [0.3, 0.4) is 0 Å². The Morgan fingerprint density at radius 3 is 1.75 bits per heavy atom. The fraction of sp³-hybridized carbons (Fsp3) is 1.00. The van der Waals surface area contributed by atoms with Crippen molar-refractivity contribution in [3.8, 4) is 0 Å². The SMILES string of the molecule is CO[Si](CCC(I)I)(OC)OC. The third kappa shape index (κ3) is 4.70. The molecule has 6 heteroatoms. The molecular weight excluding hydrogens is 402 g/mol. The summed E-state index contributed by atoms with van der Waals surface area (Å²) in [5.41, 5.74) is 0. The van der Waals surface area contributed by atoms with Crippen LogP contribution in [0.1, 0.15) is 6.42 Å². The van der Waals surface area contributed by atoms with Crippen LogP contribution in [0.25, 0.3) is 0 Å². The highest BCUT2D eigenvalue weighted by atomic mass is 127. The summed E-state index contributed by atoms with van der Waals surface area (Å²) >= 11 is 4.75. The Morgan fingerprint density at radius 2 is 1.50 bits per heavy atom. The molecule has 0 saturated carbocycles. The minimum absolute atomic E-state index is 0.604. The maximum absolute atomic E-state index is 5.27. The van der Waals surface area contributed by atoms with E-state index in [0.29, 0.717) is 1.93 Å². The molecule has 0 aliphatic carbocycles. The molecule has 0 radical (unpaired) electrons. The molecule has 0 aromatic carbocycles. The van der Waals surface area contributed by atoms with Crippen LogP contribution in [0.4, 0.5) is 0 Å². The van der Waals surface area contributed by atoms with Crippen molar-refractivity contribution in [1.29, 1.82) is 0 Å². The van der Waals surface area contributed by atoms with Gasteiger partial charge in [-0.2, -0.15) is 0 Å². The first-order valence-corrected chi connectivity index (χ1v) is 7.96. The summed E-state index contributed by atoms with van der Waals surface area (Å²) in [6.07, 6.45) is 1.06. The molecule has 12 heavy (non-hydrogen) atoms. The van der Waals surface area contributed by atoms with E-state index in [1.807, 2.05) is 0 Å².